The lowest BCUT2D eigenvalue weighted by atomic mass is 10.1. The third-order valence-electron chi connectivity index (χ3n) is 2.30. The SMILES string of the molecule is C[C@@H](CO)NC(=O)C1(C)CC1F. The number of halogens is 1. The maximum absolute atomic E-state index is 12.6. The molecule has 2 N–H and O–H groups in total. The van der Waals surface area contributed by atoms with Crippen LogP contribution in [0.15, 0.2) is 0 Å². The van der Waals surface area contributed by atoms with E-state index in [1.54, 1.807) is 13.8 Å². The van der Waals surface area contributed by atoms with Gasteiger partial charge in [0.25, 0.3) is 0 Å². The van der Waals surface area contributed by atoms with Crippen LogP contribution in [0.25, 0.3) is 0 Å². The van der Waals surface area contributed by atoms with Gasteiger partial charge in [-0.05, 0) is 20.3 Å². The Bertz CT molecular complexity index is 197. The molecule has 0 heterocycles. The molecule has 1 rings (SSSR count). The molecule has 1 fully saturated rings. The molecule has 0 aromatic rings. The number of nitrogens with one attached hydrogen (secondary N) is 1. The Morgan fingerprint density at radius 3 is 2.75 bits per heavy atom. The maximum Gasteiger partial charge on any atom is 0.229 e. The van der Waals surface area contributed by atoms with Crippen molar-refractivity contribution in [2.75, 3.05) is 6.61 Å². The van der Waals surface area contributed by atoms with Crippen LogP contribution in [0.2, 0.25) is 0 Å². The minimum Gasteiger partial charge on any atom is -0.394 e. The fourth-order valence-electron chi connectivity index (χ4n) is 0.983. The highest BCUT2D eigenvalue weighted by molar-refractivity contribution is 5.86. The summed E-state index contributed by atoms with van der Waals surface area (Å²) in [6, 6.07) is -0.290. The normalized spacial score (nSPS) is 35.8. The summed E-state index contributed by atoms with van der Waals surface area (Å²) in [4.78, 5) is 11.2. The van der Waals surface area contributed by atoms with Crippen LogP contribution in [0, 0.1) is 5.41 Å². The molecule has 3 atom stereocenters. The number of aliphatic hydroxyl groups is 1. The lowest BCUT2D eigenvalue weighted by molar-refractivity contribution is -0.127. The highest BCUT2D eigenvalue weighted by Gasteiger charge is 2.57. The van der Waals surface area contributed by atoms with Gasteiger partial charge in [0, 0.05) is 6.04 Å². The summed E-state index contributed by atoms with van der Waals surface area (Å²) < 4.78 is 12.6. The highest BCUT2D eigenvalue weighted by Crippen LogP contribution is 2.48. The van der Waals surface area contributed by atoms with E-state index in [0.29, 0.717) is 6.42 Å². The second kappa shape index (κ2) is 3.01. The van der Waals surface area contributed by atoms with E-state index in [9.17, 15) is 9.18 Å². The fraction of sp³-hybridized carbons (Fsp3) is 0.875. The van der Waals surface area contributed by atoms with E-state index in [0.717, 1.165) is 0 Å². The second-order valence-electron chi connectivity index (χ2n) is 3.65. The van der Waals surface area contributed by atoms with Crippen LogP contribution in [0.3, 0.4) is 0 Å². The Balaban J connectivity index is 2.40. The van der Waals surface area contributed by atoms with Crippen molar-refractivity contribution in [3.05, 3.63) is 0 Å². The molecule has 1 aliphatic carbocycles. The topological polar surface area (TPSA) is 49.3 Å². The minimum atomic E-state index is -1.01. The van der Waals surface area contributed by atoms with Crippen LogP contribution in [0.4, 0.5) is 4.39 Å². The third-order valence-corrected chi connectivity index (χ3v) is 2.30. The molecule has 70 valence electrons. The van der Waals surface area contributed by atoms with Crippen LogP contribution < -0.4 is 5.32 Å². The first-order valence-electron chi connectivity index (χ1n) is 4.06. The Hall–Kier alpha value is -0.640. The summed E-state index contributed by atoms with van der Waals surface area (Å²) >= 11 is 0. The van der Waals surface area contributed by atoms with Gasteiger partial charge in [0.15, 0.2) is 0 Å². The summed E-state index contributed by atoms with van der Waals surface area (Å²) in [6.45, 7) is 3.16. The van der Waals surface area contributed by atoms with Crippen molar-refractivity contribution in [3.8, 4) is 0 Å². The van der Waals surface area contributed by atoms with Crippen molar-refractivity contribution >= 4 is 5.91 Å². The third kappa shape index (κ3) is 1.58. The predicted octanol–water partition coefficient (Wildman–Crippen LogP) is 0.232. The van der Waals surface area contributed by atoms with E-state index in [1.165, 1.54) is 0 Å². The van der Waals surface area contributed by atoms with Gasteiger partial charge in [0.2, 0.25) is 5.91 Å². The molecule has 1 aliphatic rings. The van der Waals surface area contributed by atoms with E-state index in [4.69, 9.17) is 5.11 Å². The van der Waals surface area contributed by atoms with Gasteiger partial charge in [-0.25, -0.2) is 4.39 Å². The zero-order chi connectivity index (χ0) is 9.35. The van der Waals surface area contributed by atoms with Crippen molar-refractivity contribution in [3.63, 3.8) is 0 Å². The second-order valence-corrected chi connectivity index (χ2v) is 3.65. The molecule has 0 aromatic heterocycles. The molecule has 1 amide bonds. The van der Waals surface area contributed by atoms with Gasteiger partial charge in [0.05, 0.1) is 12.0 Å². The van der Waals surface area contributed by atoms with Gasteiger partial charge in [-0.3, -0.25) is 4.79 Å². The van der Waals surface area contributed by atoms with Crippen molar-refractivity contribution in [1.82, 2.24) is 5.32 Å². The first-order chi connectivity index (χ1) is 5.50. The molecule has 1 saturated carbocycles. The Labute approximate surface area is 71.0 Å². The van der Waals surface area contributed by atoms with Gasteiger partial charge in [-0.15, -0.1) is 0 Å². The Morgan fingerprint density at radius 2 is 2.42 bits per heavy atom. The number of carbonyl (C=O) groups is 1. The summed E-state index contributed by atoms with van der Waals surface area (Å²) in [5.41, 5.74) is -0.830. The first kappa shape index (κ1) is 9.45. The molecule has 3 nitrogen and oxygen atoms in total. The van der Waals surface area contributed by atoms with Gasteiger partial charge in [-0.1, -0.05) is 0 Å². The quantitative estimate of drug-likeness (QED) is 0.645. The first-order valence-corrected chi connectivity index (χ1v) is 4.06. The molecule has 0 saturated heterocycles. The minimum absolute atomic E-state index is 0.112. The van der Waals surface area contributed by atoms with Crippen LogP contribution in [0.5, 0.6) is 0 Å². The lowest BCUT2D eigenvalue weighted by Crippen LogP contribution is -2.40. The van der Waals surface area contributed by atoms with E-state index in [2.05, 4.69) is 5.32 Å². The van der Waals surface area contributed by atoms with E-state index in [-0.39, 0.29) is 18.6 Å². The number of carbonyl (C=O) groups excluding carboxylic acids is 1. The smallest absolute Gasteiger partial charge is 0.229 e. The number of alkyl halides is 1. The Kier molecular flexibility index (Phi) is 2.37. The van der Waals surface area contributed by atoms with Crippen molar-refractivity contribution in [2.24, 2.45) is 5.41 Å². The molecule has 4 heteroatoms. The van der Waals surface area contributed by atoms with E-state index < -0.39 is 11.6 Å². The molecule has 0 aliphatic heterocycles. The highest BCUT2D eigenvalue weighted by atomic mass is 19.1. The van der Waals surface area contributed by atoms with Gasteiger partial charge < -0.3 is 10.4 Å². The largest absolute Gasteiger partial charge is 0.394 e. The summed E-state index contributed by atoms with van der Waals surface area (Å²) in [7, 11) is 0. The molecule has 12 heavy (non-hydrogen) atoms. The predicted molar refractivity (Wildman–Crippen MR) is 42.3 cm³/mol. The summed E-state index contributed by atoms with van der Waals surface area (Å²) in [5.74, 6) is -0.295. The molecular weight excluding hydrogens is 161 g/mol. The number of hydrogen-bond donors (Lipinski definition) is 2. The lowest BCUT2D eigenvalue weighted by Gasteiger charge is -2.14. The van der Waals surface area contributed by atoms with Gasteiger partial charge in [-0.2, -0.15) is 0 Å². The average Bonchev–Trinajstić information content (AvgIpc) is 2.61. The van der Waals surface area contributed by atoms with Gasteiger partial charge >= 0.3 is 0 Å². The zero-order valence-electron chi connectivity index (χ0n) is 7.30. The van der Waals surface area contributed by atoms with Crippen LogP contribution >= 0.6 is 0 Å². The van der Waals surface area contributed by atoms with Crippen LogP contribution in [-0.2, 0) is 4.79 Å². The molecule has 0 spiro atoms. The molecule has 0 aromatic carbocycles. The van der Waals surface area contributed by atoms with E-state index in [1.807, 2.05) is 0 Å². The summed E-state index contributed by atoms with van der Waals surface area (Å²) in [6.07, 6.45) is -0.708. The van der Waals surface area contributed by atoms with Crippen molar-refractivity contribution in [1.29, 1.82) is 0 Å². The van der Waals surface area contributed by atoms with Crippen molar-refractivity contribution < 1.29 is 14.3 Å². The molecule has 0 bridgehead atoms. The van der Waals surface area contributed by atoms with E-state index >= 15 is 0 Å². The molecule has 0 radical (unpaired) electrons. The van der Waals surface area contributed by atoms with Crippen LogP contribution in [0.1, 0.15) is 20.3 Å². The number of aliphatic hydroxyl groups excluding tert-OH is 1. The standard InChI is InChI=1S/C8H14FNO2/c1-5(4-11)10-7(12)8(2)3-6(8)9/h5-6,11H,3-4H2,1-2H3,(H,10,12)/t5-,6?,8?/m0/s1. The summed E-state index contributed by atoms with van der Waals surface area (Å²) in [5, 5.41) is 11.2. The van der Waals surface area contributed by atoms with Gasteiger partial charge in [0.1, 0.15) is 6.17 Å². The molecule has 2 unspecified atom stereocenters. The molecular formula is C8H14FNO2. The monoisotopic (exact) mass is 175 g/mol. The number of rotatable bonds is 3. The fourth-order valence-corrected chi connectivity index (χ4v) is 0.983. The van der Waals surface area contributed by atoms with Crippen LogP contribution in [-0.4, -0.2) is 29.8 Å². The number of hydrogen-bond acceptors (Lipinski definition) is 2. The van der Waals surface area contributed by atoms with Crippen molar-refractivity contribution in [2.45, 2.75) is 32.5 Å². The average molecular weight is 175 g/mol. The zero-order valence-corrected chi connectivity index (χ0v) is 7.30. The Morgan fingerprint density at radius 1 is 1.92 bits per heavy atom. The maximum atomic E-state index is 12.6. The number of amides is 1.